The van der Waals surface area contributed by atoms with E-state index >= 15 is 0 Å². The summed E-state index contributed by atoms with van der Waals surface area (Å²) in [4.78, 5) is 27.3. The fraction of sp³-hybridized carbons (Fsp3) is 0.435. The normalized spacial score (nSPS) is 16.5. The molecule has 0 aliphatic heterocycles. The fourth-order valence-corrected chi connectivity index (χ4v) is 5.28. The lowest BCUT2D eigenvalue weighted by Gasteiger charge is -2.32. The van der Waals surface area contributed by atoms with Crippen LogP contribution < -0.4 is 5.32 Å². The van der Waals surface area contributed by atoms with E-state index in [4.69, 9.17) is 4.84 Å². The molecule has 11 nitrogen and oxygen atoms in total. The lowest BCUT2D eigenvalue weighted by atomic mass is 9.98. The predicted molar refractivity (Wildman–Crippen MR) is 126 cm³/mol. The maximum absolute atomic E-state index is 13.4. The Morgan fingerprint density at radius 1 is 1.11 bits per heavy atom. The van der Waals surface area contributed by atoms with Crippen molar-refractivity contribution >= 4 is 21.8 Å². The molecular weight excluding hydrogens is 478 g/mol. The second kappa shape index (κ2) is 12.1. The van der Waals surface area contributed by atoms with Crippen molar-refractivity contribution in [3.05, 3.63) is 70.3 Å². The van der Waals surface area contributed by atoms with Gasteiger partial charge in [0.15, 0.2) is 0 Å². The van der Waals surface area contributed by atoms with E-state index in [1.165, 1.54) is 0 Å². The number of carboxylic acid groups (broad SMARTS) is 1. The largest absolute Gasteiger partial charge is 0.465 e. The quantitative estimate of drug-likeness (QED) is 0.309. The second-order valence-corrected chi connectivity index (χ2v) is 10.2. The van der Waals surface area contributed by atoms with Gasteiger partial charge < -0.3 is 15.5 Å². The van der Waals surface area contributed by atoms with Gasteiger partial charge in [-0.15, -0.1) is 0 Å². The number of sulfonamides is 1. The van der Waals surface area contributed by atoms with Crippen LogP contribution in [0.25, 0.3) is 0 Å². The van der Waals surface area contributed by atoms with E-state index in [9.17, 15) is 33.5 Å². The first-order valence-corrected chi connectivity index (χ1v) is 12.8. The van der Waals surface area contributed by atoms with E-state index in [2.05, 4.69) is 5.32 Å². The van der Waals surface area contributed by atoms with Crippen molar-refractivity contribution in [3.63, 3.8) is 0 Å². The Bertz CT molecular complexity index is 1090. The number of nitrogens with one attached hydrogen (secondary N) is 1. The molecule has 3 N–H and O–H groups in total. The number of hydrogen-bond donors (Lipinski definition) is 3. The van der Waals surface area contributed by atoms with Crippen molar-refractivity contribution in [1.82, 2.24) is 9.79 Å². The predicted octanol–water partition coefficient (Wildman–Crippen LogP) is 3.09. The van der Waals surface area contributed by atoms with Crippen LogP contribution in [0.5, 0.6) is 0 Å². The number of nitrogens with zero attached hydrogens (tertiary/aromatic N) is 2. The molecule has 0 aromatic heterocycles. The SMILES string of the molecule is O=C(O)NC(Cc1ccccc1)[C@H](O)CN(OC1CCCCC1)S(=O)(=O)c1ccc([N+](=O)[O-])cc1. The first-order valence-electron chi connectivity index (χ1n) is 11.3. The number of non-ortho nitro benzene ring substituents is 1. The number of rotatable bonds is 11. The third kappa shape index (κ3) is 7.46. The molecule has 35 heavy (non-hydrogen) atoms. The van der Waals surface area contributed by atoms with Crippen molar-refractivity contribution < 1.29 is 33.2 Å². The molecule has 3 rings (SSSR count). The Morgan fingerprint density at radius 2 is 1.74 bits per heavy atom. The van der Waals surface area contributed by atoms with Crippen LogP contribution in [0.3, 0.4) is 0 Å². The standard InChI is InChI=1S/C23H29N3O8S/c27-22(21(24-23(28)29)15-17-7-3-1-4-8-17)16-25(34-19-9-5-2-6-10-19)35(32,33)20-13-11-18(12-14-20)26(30)31/h1,3-4,7-8,11-14,19,21-22,24,27H,2,5-6,9-10,15-16H2,(H,28,29)/t21?,22-/m1/s1. The first kappa shape index (κ1) is 26.5. The molecule has 1 amide bonds. The van der Waals surface area contributed by atoms with Gasteiger partial charge in [-0.2, -0.15) is 0 Å². The summed E-state index contributed by atoms with van der Waals surface area (Å²) in [6, 6.07) is 12.2. The van der Waals surface area contributed by atoms with Crippen molar-refractivity contribution in [1.29, 1.82) is 0 Å². The Balaban J connectivity index is 1.86. The first-order chi connectivity index (χ1) is 16.7. The van der Waals surface area contributed by atoms with Crippen LogP contribution in [-0.4, -0.2) is 58.9 Å². The van der Waals surface area contributed by atoms with Crippen LogP contribution in [0.1, 0.15) is 37.7 Å². The molecule has 0 spiro atoms. The topological polar surface area (TPSA) is 159 Å². The van der Waals surface area contributed by atoms with Crippen LogP contribution in [0.15, 0.2) is 59.5 Å². The van der Waals surface area contributed by atoms with E-state index < -0.39 is 39.7 Å². The van der Waals surface area contributed by atoms with Gasteiger partial charge in [0.25, 0.3) is 15.7 Å². The minimum Gasteiger partial charge on any atom is -0.465 e. The van der Waals surface area contributed by atoms with E-state index in [1.54, 1.807) is 30.3 Å². The molecule has 12 heteroatoms. The summed E-state index contributed by atoms with van der Waals surface area (Å²) < 4.78 is 27.5. The minimum absolute atomic E-state index is 0.128. The molecular formula is C23H29N3O8S. The molecule has 0 heterocycles. The van der Waals surface area contributed by atoms with Gasteiger partial charge in [0.2, 0.25) is 0 Å². The summed E-state index contributed by atoms with van der Waals surface area (Å²) in [7, 11) is -4.32. The molecule has 0 bridgehead atoms. The number of nitro groups is 1. The number of nitro benzene ring substituents is 1. The molecule has 2 aromatic carbocycles. The molecule has 190 valence electrons. The van der Waals surface area contributed by atoms with Crippen molar-refractivity contribution in [2.75, 3.05) is 6.54 Å². The van der Waals surface area contributed by atoms with Crippen LogP contribution in [0, 0.1) is 10.1 Å². The van der Waals surface area contributed by atoms with Crippen LogP contribution >= 0.6 is 0 Å². The van der Waals surface area contributed by atoms with Gasteiger partial charge in [-0.05, 0) is 37.0 Å². The number of hydroxylamine groups is 1. The van der Waals surface area contributed by atoms with Gasteiger partial charge in [0.05, 0.1) is 34.6 Å². The number of amides is 1. The minimum atomic E-state index is -4.32. The molecule has 0 radical (unpaired) electrons. The number of aliphatic hydroxyl groups excluding tert-OH is 1. The van der Waals surface area contributed by atoms with Crippen molar-refractivity contribution in [2.24, 2.45) is 0 Å². The number of benzene rings is 2. The lowest BCUT2D eigenvalue weighted by molar-refractivity contribution is -0.384. The van der Waals surface area contributed by atoms with E-state index in [0.29, 0.717) is 17.3 Å². The highest BCUT2D eigenvalue weighted by atomic mass is 32.2. The Hall–Kier alpha value is -3.06. The highest BCUT2D eigenvalue weighted by molar-refractivity contribution is 7.89. The smallest absolute Gasteiger partial charge is 0.404 e. The van der Waals surface area contributed by atoms with Crippen LogP contribution in [-0.2, 0) is 21.3 Å². The molecule has 1 aliphatic rings. The molecule has 0 saturated heterocycles. The van der Waals surface area contributed by atoms with E-state index in [0.717, 1.165) is 49.1 Å². The zero-order chi connectivity index (χ0) is 25.4. The molecule has 2 aromatic rings. The maximum Gasteiger partial charge on any atom is 0.404 e. The van der Waals surface area contributed by atoms with Crippen LogP contribution in [0.2, 0.25) is 0 Å². The third-order valence-corrected chi connectivity index (χ3v) is 7.48. The highest BCUT2D eigenvalue weighted by Gasteiger charge is 2.34. The number of carbonyl (C=O) groups is 1. The summed E-state index contributed by atoms with van der Waals surface area (Å²) in [5.74, 6) is 0. The van der Waals surface area contributed by atoms with E-state index in [1.807, 2.05) is 0 Å². The van der Waals surface area contributed by atoms with Gasteiger partial charge in [0.1, 0.15) is 0 Å². The third-order valence-electron chi connectivity index (χ3n) is 5.84. The summed E-state index contributed by atoms with van der Waals surface area (Å²) in [6.07, 6.45) is 0.981. The Labute approximate surface area is 203 Å². The van der Waals surface area contributed by atoms with Crippen molar-refractivity contribution in [3.8, 4) is 0 Å². The molecule has 1 saturated carbocycles. The van der Waals surface area contributed by atoms with Crippen LogP contribution in [0.4, 0.5) is 10.5 Å². The lowest BCUT2D eigenvalue weighted by Crippen LogP contribution is -2.50. The summed E-state index contributed by atoms with van der Waals surface area (Å²) >= 11 is 0. The zero-order valence-electron chi connectivity index (χ0n) is 19.0. The Morgan fingerprint density at radius 3 is 2.31 bits per heavy atom. The highest BCUT2D eigenvalue weighted by Crippen LogP contribution is 2.26. The molecule has 1 fully saturated rings. The van der Waals surface area contributed by atoms with E-state index in [-0.39, 0.29) is 23.1 Å². The number of aliphatic hydroxyl groups is 1. The monoisotopic (exact) mass is 507 g/mol. The molecule has 1 unspecified atom stereocenters. The summed E-state index contributed by atoms with van der Waals surface area (Å²) in [5.41, 5.74) is 0.487. The fourth-order valence-electron chi connectivity index (χ4n) is 3.98. The average Bonchev–Trinajstić information content (AvgIpc) is 2.84. The van der Waals surface area contributed by atoms with Gasteiger partial charge in [0, 0.05) is 12.1 Å². The molecule has 1 aliphatic carbocycles. The van der Waals surface area contributed by atoms with Crippen molar-refractivity contribution in [2.45, 2.75) is 61.7 Å². The summed E-state index contributed by atoms with van der Waals surface area (Å²) in [5, 5.41) is 33.4. The average molecular weight is 508 g/mol. The Kier molecular flexibility index (Phi) is 9.15. The summed E-state index contributed by atoms with van der Waals surface area (Å²) in [6.45, 7) is -0.534. The zero-order valence-corrected chi connectivity index (χ0v) is 19.8. The van der Waals surface area contributed by atoms with Gasteiger partial charge >= 0.3 is 6.09 Å². The number of hydrogen-bond acceptors (Lipinski definition) is 7. The van der Waals surface area contributed by atoms with Gasteiger partial charge in [-0.3, -0.25) is 15.0 Å². The maximum atomic E-state index is 13.4. The molecule has 2 atom stereocenters. The van der Waals surface area contributed by atoms with Gasteiger partial charge in [-0.25, -0.2) is 13.2 Å². The van der Waals surface area contributed by atoms with Gasteiger partial charge in [-0.1, -0.05) is 54.1 Å². The second-order valence-electron chi connectivity index (χ2n) is 8.42.